The lowest BCUT2D eigenvalue weighted by Gasteiger charge is -2.10. The predicted molar refractivity (Wildman–Crippen MR) is 86.1 cm³/mol. The Hall–Kier alpha value is -1.56. The molecule has 2 rings (SSSR count). The number of hydrogen-bond donors (Lipinski definition) is 3. The van der Waals surface area contributed by atoms with Gasteiger partial charge in [-0.05, 0) is 64.8 Å². The molecule has 0 bridgehead atoms. The number of nitrogens with one attached hydrogen (secondary N) is 2. The Kier molecular flexibility index (Phi) is 4.65. The lowest BCUT2D eigenvalue weighted by molar-refractivity contribution is 0.102. The number of anilines is 2. The van der Waals surface area contributed by atoms with Crippen molar-refractivity contribution in [3.8, 4) is 0 Å². The van der Waals surface area contributed by atoms with Crippen molar-refractivity contribution >= 4 is 44.8 Å². The highest BCUT2D eigenvalue weighted by molar-refractivity contribution is 9.10. The SMILES string of the molecule is Cc1cc(NN)ccc1C(=O)Nc1ccc(Cl)c(Br)c1. The topological polar surface area (TPSA) is 67.1 Å². The lowest BCUT2D eigenvalue weighted by Crippen LogP contribution is -2.14. The fourth-order valence-corrected chi connectivity index (χ4v) is 2.28. The van der Waals surface area contributed by atoms with Crippen LogP contribution in [0.1, 0.15) is 15.9 Å². The third-order valence-electron chi connectivity index (χ3n) is 2.82. The van der Waals surface area contributed by atoms with Crippen LogP contribution >= 0.6 is 27.5 Å². The van der Waals surface area contributed by atoms with E-state index in [9.17, 15) is 4.79 Å². The largest absolute Gasteiger partial charge is 0.324 e. The first-order chi connectivity index (χ1) is 9.51. The number of hydrogen-bond acceptors (Lipinski definition) is 3. The molecule has 0 saturated heterocycles. The molecule has 0 saturated carbocycles. The van der Waals surface area contributed by atoms with Crippen molar-refractivity contribution in [1.29, 1.82) is 0 Å². The molecule has 1 amide bonds. The lowest BCUT2D eigenvalue weighted by atomic mass is 10.1. The molecule has 4 N–H and O–H groups in total. The maximum Gasteiger partial charge on any atom is 0.255 e. The van der Waals surface area contributed by atoms with Crippen LogP contribution in [-0.4, -0.2) is 5.91 Å². The highest BCUT2D eigenvalue weighted by Crippen LogP contribution is 2.26. The van der Waals surface area contributed by atoms with Gasteiger partial charge in [0, 0.05) is 21.4 Å². The van der Waals surface area contributed by atoms with Gasteiger partial charge in [0.1, 0.15) is 0 Å². The summed E-state index contributed by atoms with van der Waals surface area (Å²) in [6, 6.07) is 10.5. The molecule has 0 aromatic heterocycles. The minimum atomic E-state index is -0.180. The first kappa shape index (κ1) is 14.8. The van der Waals surface area contributed by atoms with Crippen LogP contribution in [0.2, 0.25) is 5.02 Å². The van der Waals surface area contributed by atoms with Crippen molar-refractivity contribution in [2.24, 2.45) is 5.84 Å². The molecule has 0 aliphatic carbocycles. The van der Waals surface area contributed by atoms with Gasteiger partial charge in [0.15, 0.2) is 0 Å². The minimum Gasteiger partial charge on any atom is -0.324 e. The number of carbonyl (C=O) groups excluding carboxylic acids is 1. The van der Waals surface area contributed by atoms with E-state index in [1.165, 1.54) is 0 Å². The number of benzene rings is 2. The van der Waals surface area contributed by atoms with Crippen LogP contribution in [0.15, 0.2) is 40.9 Å². The summed E-state index contributed by atoms with van der Waals surface area (Å²) in [4.78, 5) is 12.2. The zero-order valence-corrected chi connectivity index (χ0v) is 13.0. The second-order valence-electron chi connectivity index (χ2n) is 4.26. The van der Waals surface area contributed by atoms with Crippen LogP contribution in [-0.2, 0) is 0 Å². The van der Waals surface area contributed by atoms with Gasteiger partial charge in [-0.2, -0.15) is 0 Å². The van der Waals surface area contributed by atoms with Crippen LogP contribution < -0.4 is 16.6 Å². The Balaban J connectivity index is 2.21. The van der Waals surface area contributed by atoms with Gasteiger partial charge in [0.2, 0.25) is 0 Å². The van der Waals surface area contributed by atoms with E-state index in [-0.39, 0.29) is 5.91 Å². The summed E-state index contributed by atoms with van der Waals surface area (Å²) < 4.78 is 0.733. The molecule has 0 unspecified atom stereocenters. The summed E-state index contributed by atoms with van der Waals surface area (Å²) >= 11 is 9.23. The summed E-state index contributed by atoms with van der Waals surface area (Å²) in [6.45, 7) is 1.85. The number of amides is 1. The molecule has 2 aromatic rings. The third-order valence-corrected chi connectivity index (χ3v) is 4.03. The van der Waals surface area contributed by atoms with Gasteiger partial charge >= 0.3 is 0 Å². The van der Waals surface area contributed by atoms with E-state index in [1.807, 2.05) is 13.0 Å². The summed E-state index contributed by atoms with van der Waals surface area (Å²) in [7, 11) is 0. The highest BCUT2D eigenvalue weighted by atomic mass is 79.9. The van der Waals surface area contributed by atoms with Crippen LogP contribution in [0, 0.1) is 6.92 Å². The molecule has 0 aliphatic heterocycles. The van der Waals surface area contributed by atoms with Gasteiger partial charge in [0.25, 0.3) is 5.91 Å². The van der Waals surface area contributed by atoms with E-state index in [0.717, 1.165) is 15.7 Å². The van der Waals surface area contributed by atoms with Crippen molar-refractivity contribution in [2.75, 3.05) is 10.7 Å². The molecule has 0 aliphatic rings. The maximum atomic E-state index is 12.2. The molecule has 0 heterocycles. The summed E-state index contributed by atoms with van der Waals surface area (Å²) in [5.41, 5.74) is 5.41. The average molecular weight is 355 g/mol. The molecule has 4 nitrogen and oxygen atoms in total. The number of aryl methyl sites for hydroxylation is 1. The Morgan fingerprint density at radius 2 is 1.90 bits per heavy atom. The molecule has 0 spiro atoms. The number of halogens is 2. The van der Waals surface area contributed by atoms with E-state index in [4.69, 9.17) is 17.4 Å². The van der Waals surface area contributed by atoms with Gasteiger partial charge in [-0.15, -0.1) is 0 Å². The van der Waals surface area contributed by atoms with Gasteiger partial charge in [-0.25, -0.2) is 0 Å². The molecule has 0 atom stereocenters. The fourth-order valence-electron chi connectivity index (χ4n) is 1.78. The molecular formula is C14H13BrClN3O. The molecule has 2 aromatic carbocycles. The van der Waals surface area contributed by atoms with E-state index < -0.39 is 0 Å². The number of nitrogen functional groups attached to an aromatic ring is 1. The molecule has 0 fully saturated rings. The molecule has 0 radical (unpaired) electrons. The van der Waals surface area contributed by atoms with Gasteiger partial charge in [-0.1, -0.05) is 11.6 Å². The van der Waals surface area contributed by atoms with Crippen molar-refractivity contribution in [1.82, 2.24) is 0 Å². The van der Waals surface area contributed by atoms with Crippen LogP contribution in [0.25, 0.3) is 0 Å². The number of hydrazine groups is 1. The zero-order valence-electron chi connectivity index (χ0n) is 10.7. The second kappa shape index (κ2) is 6.26. The average Bonchev–Trinajstić information content (AvgIpc) is 2.42. The molecule has 6 heteroatoms. The van der Waals surface area contributed by atoms with Crippen LogP contribution in [0.4, 0.5) is 11.4 Å². The first-order valence-electron chi connectivity index (χ1n) is 5.85. The van der Waals surface area contributed by atoms with Gasteiger partial charge < -0.3 is 10.7 Å². The van der Waals surface area contributed by atoms with Crippen molar-refractivity contribution < 1.29 is 4.79 Å². The zero-order chi connectivity index (χ0) is 14.7. The third kappa shape index (κ3) is 3.30. The Labute approximate surface area is 130 Å². The van der Waals surface area contributed by atoms with Crippen molar-refractivity contribution in [2.45, 2.75) is 6.92 Å². The number of nitrogens with two attached hydrogens (primary N) is 1. The highest BCUT2D eigenvalue weighted by Gasteiger charge is 2.10. The quantitative estimate of drug-likeness (QED) is 0.577. The molecular weight excluding hydrogens is 342 g/mol. The Morgan fingerprint density at radius 1 is 1.20 bits per heavy atom. The predicted octanol–water partition coefficient (Wildman–Crippen LogP) is 3.95. The van der Waals surface area contributed by atoms with Gasteiger partial charge in [-0.3, -0.25) is 10.6 Å². The van der Waals surface area contributed by atoms with Crippen molar-refractivity contribution in [3.05, 3.63) is 57.0 Å². The molecule has 104 valence electrons. The van der Waals surface area contributed by atoms with E-state index in [1.54, 1.807) is 30.3 Å². The molecule has 20 heavy (non-hydrogen) atoms. The van der Waals surface area contributed by atoms with Crippen molar-refractivity contribution in [3.63, 3.8) is 0 Å². The van der Waals surface area contributed by atoms with E-state index in [0.29, 0.717) is 16.3 Å². The Morgan fingerprint density at radius 3 is 2.50 bits per heavy atom. The van der Waals surface area contributed by atoms with Gasteiger partial charge in [0.05, 0.1) is 5.02 Å². The minimum absolute atomic E-state index is 0.180. The smallest absolute Gasteiger partial charge is 0.255 e. The van der Waals surface area contributed by atoms with E-state index in [2.05, 4.69) is 26.7 Å². The maximum absolute atomic E-state index is 12.2. The standard InChI is InChI=1S/C14H13BrClN3O/c1-8-6-10(19-17)2-4-11(8)14(20)18-9-3-5-13(16)12(15)7-9/h2-7,19H,17H2,1H3,(H,18,20). The number of rotatable bonds is 3. The number of carbonyl (C=O) groups is 1. The summed E-state index contributed by atoms with van der Waals surface area (Å²) in [5, 5.41) is 3.42. The first-order valence-corrected chi connectivity index (χ1v) is 7.02. The van der Waals surface area contributed by atoms with E-state index >= 15 is 0 Å². The monoisotopic (exact) mass is 353 g/mol. The summed E-state index contributed by atoms with van der Waals surface area (Å²) in [6.07, 6.45) is 0. The normalized spacial score (nSPS) is 10.2. The Bertz CT molecular complexity index is 661. The second-order valence-corrected chi connectivity index (χ2v) is 5.52. The van der Waals surface area contributed by atoms with Crippen LogP contribution in [0.3, 0.4) is 0 Å². The van der Waals surface area contributed by atoms with Crippen LogP contribution in [0.5, 0.6) is 0 Å². The fraction of sp³-hybridized carbons (Fsp3) is 0.0714. The summed E-state index contributed by atoms with van der Waals surface area (Å²) in [5.74, 6) is 5.15.